The number of hydrogen-bond acceptors (Lipinski definition) is 4. The van der Waals surface area contributed by atoms with Crippen LogP contribution in [0.4, 0.5) is 4.79 Å². The highest BCUT2D eigenvalue weighted by Gasteiger charge is 2.38. The molecule has 1 rings (SSSR count). The van der Waals surface area contributed by atoms with Crippen LogP contribution in [0.25, 0.3) is 0 Å². The molecular weight excluding hydrogens is 442 g/mol. The summed E-state index contributed by atoms with van der Waals surface area (Å²) in [6.45, 7) is 19.5. The number of aryl methyl sites for hydroxylation is 2. The van der Waals surface area contributed by atoms with Crippen molar-refractivity contribution in [2.75, 3.05) is 6.54 Å². The second-order valence-corrected chi connectivity index (χ2v) is 10.8. The van der Waals surface area contributed by atoms with E-state index in [1.54, 1.807) is 25.7 Å². The number of carbonyl (C=O) groups is 3. The van der Waals surface area contributed by atoms with E-state index in [-0.39, 0.29) is 23.8 Å². The molecule has 0 saturated heterocycles. The highest BCUT2D eigenvalue weighted by Crippen LogP contribution is 2.28. The van der Waals surface area contributed by atoms with E-state index >= 15 is 0 Å². The quantitative estimate of drug-likeness (QED) is 0.433. The fraction of sp³-hybridized carbons (Fsp3) is 0.679. The van der Waals surface area contributed by atoms with Gasteiger partial charge in [-0.2, -0.15) is 0 Å². The van der Waals surface area contributed by atoms with Gasteiger partial charge in [-0.3, -0.25) is 9.59 Å². The first-order chi connectivity index (χ1) is 16.2. The molecule has 0 aliphatic carbocycles. The molecule has 7 nitrogen and oxygen atoms in total. The molecule has 0 radical (unpaired) electrons. The Morgan fingerprint density at radius 1 is 1.03 bits per heavy atom. The van der Waals surface area contributed by atoms with Gasteiger partial charge < -0.3 is 20.3 Å². The molecular formula is C28H47N3O4. The van der Waals surface area contributed by atoms with Crippen molar-refractivity contribution in [1.82, 2.24) is 15.5 Å². The van der Waals surface area contributed by atoms with E-state index in [4.69, 9.17) is 4.74 Å². The maximum absolute atomic E-state index is 14.1. The Balaban J connectivity index is 3.57. The summed E-state index contributed by atoms with van der Waals surface area (Å²) in [6.07, 6.45) is 1.64. The maximum atomic E-state index is 14.1. The number of alkyl carbamates (subject to hydrolysis) is 1. The number of rotatable bonds is 11. The van der Waals surface area contributed by atoms with Crippen LogP contribution in [-0.2, 0) is 14.3 Å². The van der Waals surface area contributed by atoms with E-state index in [1.165, 1.54) is 0 Å². The highest BCUT2D eigenvalue weighted by atomic mass is 16.6. The molecule has 0 heterocycles. The van der Waals surface area contributed by atoms with Crippen LogP contribution in [0, 0.1) is 19.8 Å². The zero-order valence-corrected chi connectivity index (χ0v) is 23.5. The third kappa shape index (κ3) is 9.54. The Labute approximate surface area is 212 Å². The van der Waals surface area contributed by atoms with Crippen LogP contribution in [0.1, 0.15) is 97.4 Å². The van der Waals surface area contributed by atoms with Crippen molar-refractivity contribution >= 4 is 17.9 Å². The average molecular weight is 490 g/mol. The van der Waals surface area contributed by atoms with Gasteiger partial charge in [0.2, 0.25) is 11.8 Å². The van der Waals surface area contributed by atoms with Gasteiger partial charge in [0.15, 0.2) is 0 Å². The molecule has 3 amide bonds. The lowest BCUT2D eigenvalue weighted by Gasteiger charge is -2.37. The van der Waals surface area contributed by atoms with E-state index < -0.39 is 23.8 Å². The summed E-state index contributed by atoms with van der Waals surface area (Å²) in [4.78, 5) is 42.0. The fourth-order valence-corrected chi connectivity index (χ4v) is 3.86. The van der Waals surface area contributed by atoms with E-state index in [1.807, 2.05) is 59.7 Å². The van der Waals surface area contributed by atoms with Gasteiger partial charge in [0.25, 0.3) is 0 Å². The van der Waals surface area contributed by atoms with Gasteiger partial charge in [0.1, 0.15) is 17.7 Å². The van der Waals surface area contributed by atoms with E-state index in [0.29, 0.717) is 13.0 Å². The van der Waals surface area contributed by atoms with Crippen molar-refractivity contribution in [1.29, 1.82) is 0 Å². The van der Waals surface area contributed by atoms with Crippen LogP contribution in [0.5, 0.6) is 0 Å². The third-order valence-electron chi connectivity index (χ3n) is 5.91. The summed E-state index contributed by atoms with van der Waals surface area (Å²) in [7, 11) is 0. The minimum atomic E-state index is -0.814. The van der Waals surface area contributed by atoms with E-state index in [9.17, 15) is 14.4 Å². The molecule has 3 atom stereocenters. The highest BCUT2D eigenvalue weighted by molar-refractivity contribution is 5.92. The molecule has 0 aromatic heterocycles. The lowest BCUT2D eigenvalue weighted by molar-refractivity contribution is -0.143. The summed E-state index contributed by atoms with van der Waals surface area (Å²) in [6, 6.07) is 4.26. The normalized spacial score (nSPS) is 14.1. The topological polar surface area (TPSA) is 87.7 Å². The van der Waals surface area contributed by atoms with Crippen molar-refractivity contribution in [2.45, 2.75) is 112 Å². The smallest absolute Gasteiger partial charge is 0.408 e. The first kappa shape index (κ1) is 30.5. The molecule has 0 saturated carbocycles. The van der Waals surface area contributed by atoms with Crippen LogP contribution in [-0.4, -0.2) is 47.0 Å². The summed E-state index contributed by atoms with van der Waals surface area (Å²) in [5, 5.41) is 5.82. The van der Waals surface area contributed by atoms with Crippen LogP contribution >= 0.6 is 0 Å². The standard InChI is InChI=1S/C28H47N3O4/c1-11-13-16-31(26(33)23(20(6)12-2)30-27(34)35-28(8,9)10)24(25(32)29-18(3)4)22-17-19(5)14-15-21(22)7/h14-15,17-18,20,23-24H,11-13,16H2,1-10H3,(H,29,32)(H,30,34). The van der Waals surface area contributed by atoms with Gasteiger partial charge in [0.05, 0.1) is 0 Å². The Morgan fingerprint density at radius 2 is 1.66 bits per heavy atom. The van der Waals surface area contributed by atoms with Crippen molar-refractivity contribution in [2.24, 2.45) is 5.92 Å². The van der Waals surface area contributed by atoms with Crippen LogP contribution in [0.3, 0.4) is 0 Å². The number of benzene rings is 1. The molecule has 0 aliphatic rings. The SMILES string of the molecule is CCCCN(C(=O)C(NC(=O)OC(C)(C)C)C(C)CC)C(C(=O)NC(C)C)c1cc(C)ccc1C. The number of unbranched alkanes of at least 4 members (excludes halogenated alkanes) is 1. The van der Waals surface area contributed by atoms with E-state index in [2.05, 4.69) is 17.6 Å². The second kappa shape index (κ2) is 13.5. The second-order valence-electron chi connectivity index (χ2n) is 10.8. The predicted molar refractivity (Wildman–Crippen MR) is 141 cm³/mol. The van der Waals surface area contributed by atoms with Gasteiger partial charge in [0, 0.05) is 12.6 Å². The number of carbonyl (C=O) groups excluding carboxylic acids is 3. The van der Waals surface area contributed by atoms with Gasteiger partial charge in [-0.15, -0.1) is 0 Å². The Hall–Kier alpha value is -2.57. The lowest BCUT2D eigenvalue weighted by atomic mass is 9.93. The summed E-state index contributed by atoms with van der Waals surface area (Å²) < 4.78 is 5.45. The molecule has 35 heavy (non-hydrogen) atoms. The van der Waals surface area contributed by atoms with Gasteiger partial charge in [-0.05, 0) is 71.9 Å². The summed E-state index contributed by atoms with van der Waals surface area (Å²) in [5.41, 5.74) is 2.07. The zero-order chi connectivity index (χ0) is 26.9. The van der Waals surface area contributed by atoms with Crippen LogP contribution in [0.15, 0.2) is 18.2 Å². The van der Waals surface area contributed by atoms with Crippen LogP contribution in [0.2, 0.25) is 0 Å². The summed E-state index contributed by atoms with van der Waals surface area (Å²) in [5.74, 6) is -0.645. The van der Waals surface area contributed by atoms with Gasteiger partial charge in [-0.25, -0.2) is 4.79 Å². The van der Waals surface area contributed by atoms with E-state index in [0.717, 1.165) is 29.5 Å². The monoisotopic (exact) mass is 489 g/mol. The molecule has 3 unspecified atom stereocenters. The average Bonchev–Trinajstić information content (AvgIpc) is 2.74. The van der Waals surface area contributed by atoms with Gasteiger partial charge in [-0.1, -0.05) is 57.4 Å². The molecule has 2 N–H and O–H groups in total. The predicted octanol–water partition coefficient (Wildman–Crippen LogP) is 5.44. The Morgan fingerprint density at radius 3 is 2.17 bits per heavy atom. The summed E-state index contributed by atoms with van der Waals surface area (Å²) >= 11 is 0. The Bertz CT molecular complexity index is 860. The molecule has 1 aromatic rings. The van der Waals surface area contributed by atoms with Crippen molar-refractivity contribution < 1.29 is 19.1 Å². The van der Waals surface area contributed by atoms with Crippen LogP contribution < -0.4 is 10.6 Å². The van der Waals surface area contributed by atoms with Crippen molar-refractivity contribution in [3.05, 3.63) is 34.9 Å². The molecule has 0 spiro atoms. The first-order valence-corrected chi connectivity index (χ1v) is 12.9. The number of amides is 3. The first-order valence-electron chi connectivity index (χ1n) is 12.9. The molecule has 0 fully saturated rings. The number of ether oxygens (including phenoxy) is 1. The van der Waals surface area contributed by atoms with Crippen molar-refractivity contribution in [3.63, 3.8) is 0 Å². The van der Waals surface area contributed by atoms with Gasteiger partial charge >= 0.3 is 6.09 Å². The minimum absolute atomic E-state index is 0.0801. The number of nitrogens with one attached hydrogen (secondary N) is 2. The molecule has 0 aliphatic heterocycles. The molecule has 0 bridgehead atoms. The molecule has 7 heteroatoms. The zero-order valence-electron chi connectivity index (χ0n) is 23.5. The third-order valence-corrected chi connectivity index (χ3v) is 5.91. The molecule has 1 aromatic carbocycles. The number of hydrogen-bond donors (Lipinski definition) is 2. The molecule has 198 valence electrons. The lowest BCUT2D eigenvalue weighted by Crippen LogP contribution is -2.55. The maximum Gasteiger partial charge on any atom is 0.408 e. The van der Waals surface area contributed by atoms with Crippen molar-refractivity contribution in [3.8, 4) is 0 Å². The number of nitrogens with zero attached hydrogens (tertiary/aromatic N) is 1. The largest absolute Gasteiger partial charge is 0.444 e. The minimum Gasteiger partial charge on any atom is -0.444 e. The fourth-order valence-electron chi connectivity index (χ4n) is 3.86. The Kier molecular flexibility index (Phi) is 11.7.